The minimum Gasteiger partial charge on any atom is -0.497 e. The lowest BCUT2D eigenvalue weighted by atomic mass is 10.1. The molecule has 0 atom stereocenters. The van der Waals surface area contributed by atoms with E-state index in [9.17, 15) is 4.79 Å². The van der Waals surface area contributed by atoms with Crippen molar-refractivity contribution in [2.24, 2.45) is 0 Å². The molecule has 1 aliphatic heterocycles. The van der Waals surface area contributed by atoms with Gasteiger partial charge < -0.3 is 19.3 Å². The Balaban J connectivity index is 1.31. The summed E-state index contributed by atoms with van der Waals surface area (Å²) in [5, 5.41) is 9.68. The van der Waals surface area contributed by atoms with Crippen LogP contribution in [0.4, 0.5) is 5.82 Å². The van der Waals surface area contributed by atoms with Crippen LogP contribution in [0.15, 0.2) is 48.5 Å². The lowest BCUT2D eigenvalue weighted by Gasteiger charge is -2.35. The molecule has 3 aromatic rings. The molecule has 172 valence electrons. The molecule has 0 unspecified atom stereocenters. The minimum atomic E-state index is -0.132. The number of hydrogen-bond donors (Lipinski definition) is 0. The lowest BCUT2D eigenvalue weighted by Crippen LogP contribution is -2.50. The smallest absolute Gasteiger partial charge is 0.260 e. The Kier molecular flexibility index (Phi) is 7.42. The summed E-state index contributed by atoms with van der Waals surface area (Å²) in [6.45, 7) is 2.26. The number of carbonyl (C=O) groups is 1. The number of hydrogen-bond acceptors (Lipinski definition) is 6. The number of methoxy groups -OCH3 is 1. The number of rotatable bonds is 6. The standard InChI is InChI=1S/C23H21Cl3N4O3/c1-32-16-4-2-3-15(11-16)20-5-6-22(28-27-20)29-7-9-30(10-8-29)23(31)14-33-21-13-18(25)17(24)12-19(21)26/h2-6,11-13H,7-10,14H2,1H3. The van der Waals surface area contributed by atoms with Gasteiger partial charge in [-0.3, -0.25) is 4.79 Å². The number of benzene rings is 2. The van der Waals surface area contributed by atoms with Gasteiger partial charge in [0.1, 0.15) is 11.5 Å². The fourth-order valence-electron chi connectivity index (χ4n) is 3.46. The number of anilines is 1. The van der Waals surface area contributed by atoms with E-state index in [0.717, 1.165) is 22.8 Å². The zero-order chi connectivity index (χ0) is 23.4. The van der Waals surface area contributed by atoms with Crippen molar-refractivity contribution in [1.82, 2.24) is 15.1 Å². The second-order valence-electron chi connectivity index (χ2n) is 7.36. The summed E-state index contributed by atoms with van der Waals surface area (Å²) < 4.78 is 10.8. The predicted octanol–water partition coefficient (Wildman–Crippen LogP) is 4.84. The molecule has 33 heavy (non-hydrogen) atoms. The average Bonchev–Trinajstić information content (AvgIpc) is 2.85. The van der Waals surface area contributed by atoms with E-state index in [1.807, 2.05) is 36.4 Å². The Labute approximate surface area is 206 Å². The molecule has 10 heteroatoms. The average molecular weight is 508 g/mol. The maximum absolute atomic E-state index is 12.6. The Bertz CT molecular complexity index is 1140. The van der Waals surface area contributed by atoms with E-state index in [0.29, 0.717) is 47.0 Å². The van der Waals surface area contributed by atoms with Crippen LogP contribution in [-0.2, 0) is 4.79 Å². The van der Waals surface area contributed by atoms with Crippen molar-refractivity contribution in [2.45, 2.75) is 0 Å². The highest BCUT2D eigenvalue weighted by Crippen LogP contribution is 2.33. The summed E-state index contributed by atoms with van der Waals surface area (Å²) in [7, 11) is 1.63. The van der Waals surface area contributed by atoms with Crippen LogP contribution in [0.5, 0.6) is 11.5 Å². The van der Waals surface area contributed by atoms with Gasteiger partial charge in [-0.1, -0.05) is 46.9 Å². The van der Waals surface area contributed by atoms with Crippen molar-refractivity contribution < 1.29 is 14.3 Å². The van der Waals surface area contributed by atoms with Crippen molar-refractivity contribution in [1.29, 1.82) is 0 Å². The third kappa shape index (κ3) is 5.61. The van der Waals surface area contributed by atoms with Crippen LogP contribution < -0.4 is 14.4 Å². The molecule has 0 saturated carbocycles. The van der Waals surface area contributed by atoms with Crippen molar-refractivity contribution in [3.05, 3.63) is 63.6 Å². The van der Waals surface area contributed by atoms with E-state index >= 15 is 0 Å². The predicted molar refractivity (Wildman–Crippen MR) is 130 cm³/mol. The van der Waals surface area contributed by atoms with E-state index in [-0.39, 0.29) is 12.5 Å². The maximum Gasteiger partial charge on any atom is 0.260 e. The van der Waals surface area contributed by atoms with E-state index < -0.39 is 0 Å². The topological polar surface area (TPSA) is 67.8 Å². The van der Waals surface area contributed by atoms with Crippen LogP contribution in [0.3, 0.4) is 0 Å². The van der Waals surface area contributed by atoms with Gasteiger partial charge in [0.2, 0.25) is 0 Å². The van der Waals surface area contributed by atoms with E-state index in [1.165, 1.54) is 12.1 Å². The normalized spacial score (nSPS) is 13.7. The summed E-state index contributed by atoms with van der Waals surface area (Å²) >= 11 is 18.0. The van der Waals surface area contributed by atoms with Crippen LogP contribution >= 0.6 is 34.8 Å². The molecule has 1 saturated heterocycles. The number of amides is 1. The van der Waals surface area contributed by atoms with E-state index in [2.05, 4.69) is 15.1 Å². The Hall–Kier alpha value is -2.74. The second-order valence-corrected chi connectivity index (χ2v) is 8.58. The van der Waals surface area contributed by atoms with Gasteiger partial charge in [0.25, 0.3) is 5.91 Å². The van der Waals surface area contributed by atoms with Crippen molar-refractivity contribution >= 4 is 46.5 Å². The van der Waals surface area contributed by atoms with Gasteiger partial charge in [0.05, 0.1) is 27.9 Å². The molecule has 2 heterocycles. The fourth-order valence-corrected chi connectivity index (χ4v) is 4.05. The molecular formula is C23H21Cl3N4O3. The van der Waals surface area contributed by atoms with Crippen LogP contribution in [0.25, 0.3) is 11.3 Å². The van der Waals surface area contributed by atoms with Gasteiger partial charge >= 0.3 is 0 Å². The maximum atomic E-state index is 12.6. The molecule has 0 N–H and O–H groups in total. The van der Waals surface area contributed by atoms with E-state index in [4.69, 9.17) is 44.3 Å². The van der Waals surface area contributed by atoms with Gasteiger partial charge in [0.15, 0.2) is 12.4 Å². The number of nitrogens with zero attached hydrogens (tertiary/aromatic N) is 4. The summed E-state index contributed by atoms with van der Waals surface area (Å²) in [5.74, 6) is 1.73. The molecule has 1 aromatic heterocycles. The highest BCUT2D eigenvalue weighted by atomic mass is 35.5. The summed E-state index contributed by atoms with van der Waals surface area (Å²) in [6.07, 6.45) is 0. The van der Waals surface area contributed by atoms with Crippen molar-refractivity contribution in [3.63, 3.8) is 0 Å². The first kappa shape index (κ1) is 23.4. The van der Waals surface area contributed by atoms with Gasteiger partial charge in [0, 0.05) is 37.8 Å². The summed E-state index contributed by atoms with van der Waals surface area (Å²) in [4.78, 5) is 16.4. The van der Waals surface area contributed by atoms with Gasteiger partial charge in [-0.05, 0) is 30.3 Å². The fraction of sp³-hybridized carbons (Fsp3) is 0.261. The molecule has 0 spiro atoms. The third-order valence-electron chi connectivity index (χ3n) is 5.30. The first-order chi connectivity index (χ1) is 15.9. The van der Waals surface area contributed by atoms with Crippen LogP contribution in [0.2, 0.25) is 15.1 Å². The van der Waals surface area contributed by atoms with Gasteiger partial charge in [-0.15, -0.1) is 10.2 Å². The molecule has 2 aromatic carbocycles. The summed E-state index contributed by atoms with van der Waals surface area (Å²) in [6, 6.07) is 14.6. The molecule has 4 rings (SSSR count). The largest absolute Gasteiger partial charge is 0.497 e. The minimum absolute atomic E-state index is 0.128. The van der Waals surface area contributed by atoms with Crippen molar-refractivity contribution in [3.8, 4) is 22.8 Å². The highest BCUT2D eigenvalue weighted by molar-refractivity contribution is 6.43. The molecule has 0 aliphatic carbocycles. The quantitative estimate of drug-likeness (QED) is 0.445. The molecule has 1 amide bonds. The molecule has 7 nitrogen and oxygen atoms in total. The number of halogens is 3. The van der Waals surface area contributed by atoms with Crippen LogP contribution in [-0.4, -0.2) is 60.9 Å². The molecular weight excluding hydrogens is 487 g/mol. The number of aromatic nitrogens is 2. The Morgan fingerprint density at radius 3 is 2.39 bits per heavy atom. The lowest BCUT2D eigenvalue weighted by molar-refractivity contribution is -0.133. The van der Waals surface area contributed by atoms with Gasteiger partial charge in [-0.25, -0.2) is 0 Å². The highest BCUT2D eigenvalue weighted by Gasteiger charge is 2.23. The second kappa shape index (κ2) is 10.5. The zero-order valence-corrected chi connectivity index (χ0v) is 20.1. The molecule has 0 bridgehead atoms. The zero-order valence-electron chi connectivity index (χ0n) is 17.8. The van der Waals surface area contributed by atoms with Gasteiger partial charge in [-0.2, -0.15) is 0 Å². The van der Waals surface area contributed by atoms with E-state index in [1.54, 1.807) is 12.0 Å². The van der Waals surface area contributed by atoms with Crippen LogP contribution in [0, 0.1) is 0 Å². The molecule has 1 aliphatic rings. The first-order valence-electron chi connectivity index (χ1n) is 10.2. The third-order valence-corrected chi connectivity index (χ3v) is 6.32. The number of carbonyl (C=O) groups excluding carboxylic acids is 1. The summed E-state index contributed by atoms with van der Waals surface area (Å²) in [5.41, 5.74) is 1.70. The monoisotopic (exact) mass is 506 g/mol. The SMILES string of the molecule is COc1cccc(-c2ccc(N3CCN(C(=O)COc4cc(Cl)c(Cl)cc4Cl)CC3)nn2)c1. The Morgan fingerprint density at radius 1 is 0.939 bits per heavy atom. The number of ether oxygens (including phenoxy) is 2. The van der Waals surface area contributed by atoms with Crippen LogP contribution in [0.1, 0.15) is 0 Å². The number of piperazine rings is 1. The molecule has 0 radical (unpaired) electrons. The molecule has 1 fully saturated rings. The van der Waals surface area contributed by atoms with Crippen molar-refractivity contribution in [2.75, 3.05) is 44.8 Å². The Morgan fingerprint density at radius 2 is 1.70 bits per heavy atom. The first-order valence-corrected chi connectivity index (χ1v) is 11.4.